The molecule has 1 aromatic rings. The van der Waals surface area contributed by atoms with Gasteiger partial charge in [-0.05, 0) is 50.4 Å². The first kappa shape index (κ1) is 21.9. The van der Waals surface area contributed by atoms with Crippen LogP contribution in [0.2, 0.25) is 0 Å². The van der Waals surface area contributed by atoms with Crippen LogP contribution in [0.4, 0.5) is 5.69 Å². The second-order valence-corrected chi connectivity index (χ2v) is 6.60. The van der Waals surface area contributed by atoms with E-state index < -0.39 is 0 Å². The van der Waals surface area contributed by atoms with Crippen LogP contribution in [0.25, 0.3) is 0 Å². The fraction of sp³-hybridized carbons (Fsp3) is 0.611. The number of methoxy groups -OCH3 is 1. The minimum atomic E-state index is 0. The molecule has 5 nitrogen and oxygen atoms in total. The molecule has 2 heterocycles. The molecule has 142 valence electrons. The molecule has 1 aromatic carbocycles. The first-order chi connectivity index (χ1) is 11.2. The van der Waals surface area contributed by atoms with Gasteiger partial charge in [-0.1, -0.05) is 6.07 Å². The molecular formula is C18H29Cl2N3O2. The zero-order valence-corrected chi connectivity index (χ0v) is 16.3. The number of hydrogen-bond donors (Lipinski definition) is 2. The summed E-state index contributed by atoms with van der Waals surface area (Å²) in [5.41, 5.74) is 1.16. The van der Waals surface area contributed by atoms with Crippen molar-refractivity contribution in [2.75, 3.05) is 38.2 Å². The van der Waals surface area contributed by atoms with Gasteiger partial charge in [0.15, 0.2) is 0 Å². The van der Waals surface area contributed by atoms with Gasteiger partial charge in [0.25, 0.3) is 0 Å². The predicted octanol–water partition coefficient (Wildman–Crippen LogP) is 2.62. The molecule has 2 fully saturated rings. The van der Waals surface area contributed by atoms with Gasteiger partial charge in [-0.2, -0.15) is 0 Å². The number of carbonyl (C=O) groups is 1. The van der Waals surface area contributed by atoms with E-state index in [0.29, 0.717) is 12.3 Å². The average Bonchev–Trinajstić information content (AvgIpc) is 3.25. The van der Waals surface area contributed by atoms with Gasteiger partial charge in [-0.3, -0.25) is 4.79 Å². The quantitative estimate of drug-likeness (QED) is 0.784. The summed E-state index contributed by atoms with van der Waals surface area (Å²) in [5, 5.41) is 6.55. The smallest absolute Gasteiger partial charge is 0.220 e. The number of nitrogens with zero attached hydrogens (tertiary/aromatic N) is 1. The Kier molecular flexibility index (Phi) is 9.39. The number of halogens is 2. The van der Waals surface area contributed by atoms with Crippen LogP contribution in [0.5, 0.6) is 5.75 Å². The molecule has 25 heavy (non-hydrogen) atoms. The van der Waals surface area contributed by atoms with E-state index in [9.17, 15) is 4.79 Å². The van der Waals surface area contributed by atoms with Crippen LogP contribution in [0.1, 0.15) is 25.7 Å². The Morgan fingerprint density at radius 3 is 2.92 bits per heavy atom. The maximum atomic E-state index is 12.1. The molecule has 2 unspecified atom stereocenters. The maximum absolute atomic E-state index is 12.1. The van der Waals surface area contributed by atoms with E-state index in [1.54, 1.807) is 7.11 Å². The lowest BCUT2D eigenvalue weighted by Crippen LogP contribution is -2.37. The van der Waals surface area contributed by atoms with Gasteiger partial charge in [-0.15, -0.1) is 24.8 Å². The summed E-state index contributed by atoms with van der Waals surface area (Å²) in [4.78, 5) is 14.4. The molecule has 2 atom stereocenters. The molecule has 0 saturated carbocycles. The topological polar surface area (TPSA) is 53.6 Å². The highest BCUT2D eigenvalue weighted by atomic mass is 35.5. The summed E-state index contributed by atoms with van der Waals surface area (Å²) in [6.07, 6.45) is 3.88. The van der Waals surface area contributed by atoms with Crippen molar-refractivity contribution in [3.63, 3.8) is 0 Å². The lowest BCUT2D eigenvalue weighted by molar-refractivity contribution is -0.121. The molecule has 1 amide bonds. The summed E-state index contributed by atoms with van der Waals surface area (Å²) in [6, 6.07) is 8.37. The molecule has 2 aliphatic heterocycles. The largest absolute Gasteiger partial charge is 0.497 e. The monoisotopic (exact) mass is 389 g/mol. The van der Waals surface area contributed by atoms with E-state index in [2.05, 4.69) is 27.7 Å². The molecule has 0 spiro atoms. The average molecular weight is 390 g/mol. The molecule has 3 rings (SSSR count). The van der Waals surface area contributed by atoms with E-state index in [-0.39, 0.29) is 36.8 Å². The van der Waals surface area contributed by atoms with Crippen molar-refractivity contribution < 1.29 is 9.53 Å². The van der Waals surface area contributed by atoms with Crippen molar-refractivity contribution in [1.29, 1.82) is 0 Å². The molecule has 7 heteroatoms. The van der Waals surface area contributed by atoms with E-state index in [0.717, 1.165) is 50.5 Å². The van der Waals surface area contributed by atoms with E-state index in [1.807, 2.05) is 12.1 Å². The zero-order chi connectivity index (χ0) is 16.1. The van der Waals surface area contributed by atoms with Gasteiger partial charge in [0.2, 0.25) is 5.91 Å². The van der Waals surface area contributed by atoms with Crippen LogP contribution in [-0.4, -0.2) is 45.2 Å². The molecule has 0 radical (unpaired) electrons. The third-order valence-corrected chi connectivity index (χ3v) is 4.91. The first-order valence-corrected chi connectivity index (χ1v) is 8.63. The van der Waals surface area contributed by atoms with Crippen LogP contribution in [0.3, 0.4) is 0 Å². The number of anilines is 1. The summed E-state index contributed by atoms with van der Waals surface area (Å²) in [7, 11) is 1.69. The van der Waals surface area contributed by atoms with Crippen molar-refractivity contribution in [3.05, 3.63) is 24.3 Å². The molecule has 0 aliphatic carbocycles. The molecule has 0 bridgehead atoms. The Morgan fingerprint density at radius 1 is 1.36 bits per heavy atom. The Hall–Kier alpha value is -1.17. The van der Waals surface area contributed by atoms with E-state index >= 15 is 0 Å². The lowest BCUT2D eigenvalue weighted by Gasteiger charge is -2.20. The number of amides is 1. The SMILES string of the molecule is COc1cccc(N2CCC(NC(=O)CCC3CCNC3)C2)c1.Cl.Cl. The predicted molar refractivity (Wildman–Crippen MR) is 106 cm³/mol. The van der Waals surface area contributed by atoms with Crippen molar-refractivity contribution in [3.8, 4) is 5.75 Å². The standard InChI is InChI=1S/C18H27N3O2.2ClH/c1-23-17-4-2-3-16(11-17)21-10-8-15(13-21)20-18(22)6-5-14-7-9-19-12-14;;/h2-4,11,14-15,19H,5-10,12-13H2,1H3,(H,20,22);2*1H. The molecule has 2 saturated heterocycles. The van der Waals surface area contributed by atoms with Crippen LogP contribution in [0, 0.1) is 5.92 Å². The maximum Gasteiger partial charge on any atom is 0.220 e. The molecule has 2 aliphatic rings. The van der Waals surface area contributed by atoms with Gasteiger partial charge < -0.3 is 20.3 Å². The van der Waals surface area contributed by atoms with Crippen LogP contribution in [-0.2, 0) is 4.79 Å². The fourth-order valence-electron chi connectivity index (χ4n) is 3.52. The third-order valence-electron chi connectivity index (χ3n) is 4.91. The van der Waals surface area contributed by atoms with Gasteiger partial charge in [0.1, 0.15) is 5.75 Å². The van der Waals surface area contributed by atoms with E-state index in [1.165, 1.54) is 6.42 Å². The van der Waals surface area contributed by atoms with Gasteiger partial charge in [0.05, 0.1) is 7.11 Å². The number of rotatable bonds is 6. The number of hydrogen-bond acceptors (Lipinski definition) is 4. The Morgan fingerprint density at radius 2 is 2.20 bits per heavy atom. The highest BCUT2D eigenvalue weighted by molar-refractivity contribution is 5.85. The summed E-state index contributed by atoms with van der Waals surface area (Å²) < 4.78 is 5.28. The summed E-state index contributed by atoms with van der Waals surface area (Å²) in [5.74, 6) is 1.76. The van der Waals surface area contributed by atoms with Crippen molar-refractivity contribution >= 4 is 36.4 Å². The minimum absolute atomic E-state index is 0. The highest BCUT2D eigenvalue weighted by Crippen LogP contribution is 2.24. The summed E-state index contributed by atoms with van der Waals surface area (Å²) in [6.45, 7) is 4.03. The second-order valence-electron chi connectivity index (χ2n) is 6.60. The number of benzene rings is 1. The van der Waals surface area contributed by atoms with Crippen molar-refractivity contribution in [2.45, 2.75) is 31.7 Å². The summed E-state index contributed by atoms with van der Waals surface area (Å²) >= 11 is 0. The normalized spacial score (nSPS) is 22.0. The third kappa shape index (κ3) is 6.24. The van der Waals surface area contributed by atoms with E-state index in [4.69, 9.17) is 4.74 Å². The zero-order valence-electron chi connectivity index (χ0n) is 14.7. The Bertz CT molecular complexity index is 539. The molecule has 0 aromatic heterocycles. The first-order valence-electron chi connectivity index (χ1n) is 8.63. The second kappa shape index (κ2) is 10.7. The fourth-order valence-corrected chi connectivity index (χ4v) is 3.52. The number of nitrogens with one attached hydrogen (secondary N) is 2. The minimum Gasteiger partial charge on any atom is -0.497 e. The lowest BCUT2D eigenvalue weighted by atomic mass is 10.0. The van der Waals surface area contributed by atoms with Crippen LogP contribution >= 0.6 is 24.8 Å². The number of carbonyl (C=O) groups excluding carboxylic acids is 1. The molecular weight excluding hydrogens is 361 g/mol. The van der Waals surface area contributed by atoms with Gasteiger partial charge >= 0.3 is 0 Å². The van der Waals surface area contributed by atoms with Gasteiger partial charge in [0, 0.05) is 37.3 Å². The van der Waals surface area contributed by atoms with Gasteiger partial charge in [-0.25, -0.2) is 0 Å². The number of ether oxygens (including phenoxy) is 1. The Balaban J connectivity index is 0.00000156. The van der Waals surface area contributed by atoms with Crippen molar-refractivity contribution in [1.82, 2.24) is 10.6 Å². The van der Waals surface area contributed by atoms with Crippen LogP contribution < -0.4 is 20.3 Å². The highest BCUT2D eigenvalue weighted by Gasteiger charge is 2.24. The van der Waals surface area contributed by atoms with Crippen LogP contribution in [0.15, 0.2) is 24.3 Å². The Labute approximate surface area is 162 Å². The molecule has 2 N–H and O–H groups in total. The van der Waals surface area contributed by atoms with Crippen molar-refractivity contribution in [2.24, 2.45) is 5.92 Å².